The number of rotatable bonds is 7. The number of carbonyl (C=O) groups is 1. The van der Waals surface area contributed by atoms with Gasteiger partial charge in [-0.2, -0.15) is 0 Å². The van der Waals surface area contributed by atoms with Crippen LogP contribution >= 0.6 is 0 Å². The number of amides is 1. The maximum atomic E-state index is 13.6. The SMILES string of the molecule is CCC(C(=O)N1CCc2nc(Cc3ccccc3OC)nc(N3CCOCC3)c2C1)c1ccccc1. The Hall–Kier alpha value is -3.45. The zero-order valence-electron chi connectivity index (χ0n) is 21.2. The minimum atomic E-state index is -0.134. The van der Waals surface area contributed by atoms with Crippen LogP contribution in [0.2, 0.25) is 0 Å². The minimum absolute atomic E-state index is 0.134. The maximum absolute atomic E-state index is 13.6. The molecule has 0 spiro atoms. The summed E-state index contributed by atoms with van der Waals surface area (Å²) >= 11 is 0. The fourth-order valence-electron chi connectivity index (χ4n) is 5.23. The Morgan fingerprint density at radius 1 is 1.03 bits per heavy atom. The second-order valence-corrected chi connectivity index (χ2v) is 9.36. The van der Waals surface area contributed by atoms with E-state index in [1.165, 1.54) is 0 Å². The molecule has 1 saturated heterocycles. The van der Waals surface area contributed by atoms with Gasteiger partial charge in [-0.1, -0.05) is 55.5 Å². The van der Waals surface area contributed by atoms with Crippen molar-refractivity contribution in [2.45, 2.75) is 38.6 Å². The number of benzene rings is 2. The van der Waals surface area contributed by atoms with Gasteiger partial charge in [0.15, 0.2) is 0 Å². The number of methoxy groups -OCH3 is 1. The van der Waals surface area contributed by atoms with Crippen LogP contribution < -0.4 is 9.64 Å². The highest BCUT2D eigenvalue weighted by atomic mass is 16.5. The van der Waals surface area contributed by atoms with E-state index in [1.54, 1.807) is 7.11 Å². The molecule has 7 nitrogen and oxygen atoms in total. The van der Waals surface area contributed by atoms with Crippen molar-refractivity contribution in [2.24, 2.45) is 0 Å². The van der Waals surface area contributed by atoms with Gasteiger partial charge in [-0.3, -0.25) is 4.79 Å². The number of anilines is 1. The quantitative estimate of drug-likeness (QED) is 0.503. The van der Waals surface area contributed by atoms with Crippen molar-refractivity contribution in [2.75, 3.05) is 44.9 Å². The van der Waals surface area contributed by atoms with Gasteiger partial charge >= 0.3 is 0 Å². The number of hydrogen-bond donors (Lipinski definition) is 0. The molecule has 188 valence electrons. The molecule has 3 heterocycles. The summed E-state index contributed by atoms with van der Waals surface area (Å²) in [7, 11) is 1.69. The second kappa shape index (κ2) is 11.1. The lowest BCUT2D eigenvalue weighted by atomic mass is 9.93. The van der Waals surface area contributed by atoms with Gasteiger partial charge in [0.1, 0.15) is 17.4 Å². The smallest absolute Gasteiger partial charge is 0.230 e. The predicted molar refractivity (Wildman–Crippen MR) is 139 cm³/mol. The van der Waals surface area contributed by atoms with Crippen molar-refractivity contribution in [1.82, 2.24) is 14.9 Å². The standard InChI is InChI=1S/C29H34N4O3/c1-3-23(21-9-5-4-6-10-21)29(34)33-14-13-25-24(20-33)28(32-15-17-36-18-16-32)31-27(30-25)19-22-11-7-8-12-26(22)35-2/h4-12,23H,3,13-20H2,1-2H3. The van der Waals surface area contributed by atoms with Crippen LogP contribution in [0.5, 0.6) is 5.75 Å². The number of para-hydroxylation sites is 1. The summed E-state index contributed by atoms with van der Waals surface area (Å²) in [5.74, 6) is 2.62. The zero-order valence-corrected chi connectivity index (χ0v) is 21.2. The van der Waals surface area contributed by atoms with Gasteiger partial charge in [0.2, 0.25) is 5.91 Å². The number of nitrogens with zero attached hydrogens (tertiary/aromatic N) is 4. The van der Waals surface area contributed by atoms with Gasteiger partial charge in [0.25, 0.3) is 0 Å². The van der Waals surface area contributed by atoms with Crippen LogP contribution in [0, 0.1) is 0 Å². The van der Waals surface area contributed by atoms with Crippen LogP contribution in [0.25, 0.3) is 0 Å². The Labute approximate surface area is 213 Å². The number of morpholine rings is 1. The molecule has 1 fully saturated rings. The van der Waals surface area contributed by atoms with E-state index in [2.05, 4.69) is 30.0 Å². The molecular weight excluding hydrogens is 452 g/mol. The van der Waals surface area contributed by atoms with E-state index in [-0.39, 0.29) is 11.8 Å². The molecule has 36 heavy (non-hydrogen) atoms. The molecule has 0 saturated carbocycles. The van der Waals surface area contributed by atoms with Gasteiger partial charge in [0, 0.05) is 43.6 Å². The van der Waals surface area contributed by atoms with Crippen LogP contribution in [0.1, 0.15) is 47.5 Å². The normalized spacial score (nSPS) is 16.4. The monoisotopic (exact) mass is 486 g/mol. The first-order valence-corrected chi connectivity index (χ1v) is 12.8. The molecule has 0 bridgehead atoms. The van der Waals surface area contributed by atoms with E-state index in [4.69, 9.17) is 19.4 Å². The van der Waals surface area contributed by atoms with E-state index >= 15 is 0 Å². The van der Waals surface area contributed by atoms with Crippen molar-refractivity contribution in [1.29, 1.82) is 0 Å². The van der Waals surface area contributed by atoms with Crippen molar-refractivity contribution >= 4 is 11.7 Å². The second-order valence-electron chi connectivity index (χ2n) is 9.36. The van der Waals surface area contributed by atoms with E-state index in [9.17, 15) is 4.79 Å². The van der Waals surface area contributed by atoms with Gasteiger partial charge < -0.3 is 19.3 Å². The van der Waals surface area contributed by atoms with Crippen molar-refractivity contribution in [3.8, 4) is 5.75 Å². The fraction of sp³-hybridized carbons (Fsp3) is 0.414. The van der Waals surface area contributed by atoms with Gasteiger partial charge in [-0.05, 0) is 18.1 Å². The van der Waals surface area contributed by atoms with E-state index in [0.717, 1.165) is 65.7 Å². The molecule has 1 amide bonds. The molecule has 0 radical (unpaired) electrons. The molecule has 1 atom stereocenters. The van der Waals surface area contributed by atoms with Crippen LogP contribution in [0.4, 0.5) is 5.82 Å². The highest BCUT2D eigenvalue weighted by Gasteiger charge is 2.31. The topological polar surface area (TPSA) is 67.8 Å². The van der Waals surface area contributed by atoms with Gasteiger partial charge in [-0.15, -0.1) is 0 Å². The number of hydrogen-bond acceptors (Lipinski definition) is 6. The first-order valence-electron chi connectivity index (χ1n) is 12.8. The fourth-order valence-corrected chi connectivity index (χ4v) is 5.23. The highest BCUT2D eigenvalue weighted by Crippen LogP contribution is 2.31. The summed E-state index contributed by atoms with van der Waals surface area (Å²) in [4.78, 5) is 28.0. The molecule has 7 heteroatoms. The van der Waals surface area contributed by atoms with Crippen molar-refractivity contribution in [3.63, 3.8) is 0 Å². The summed E-state index contributed by atoms with van der Waals surface area (Å²) in [6, 6.07) is 18.1. The average molecular weight is 487 g/mol. The molecule has 3 aromatic rings. The molecule has 1 unspecified atom stereocenters. The molecule has 0 N–H and O–H groups in total. The molecule has 5 rings (SSSR count). The lowest BCUT2D eigenvalue weighted by molar-refractivity contribution is -0.133. The van der Waals surface area contributed by atoms with E-state index < -0.39 is 0 Å². The Morgan fingerprint density at radius 2 is 1.78 bits per heavy atom. The summed E-state index contributed by atoms with van der Waals surface area (Å²) in [5.41, 5.74) is 4.26. The Morgan fingerprint density at radius 3 is 2.53 bits per heavy atom. The highest BCUT2D eigenvalue weighted by molar-refractivity contribution is 5.84. The van der Waals surface area contributed by atoms with Gasteiger partial charge in [0.05, 0.1) is 38.5 Å². The first kappa shape index (κ1) is 24.3. The van der Waals surface area contributed by atoms with Crippen LogP contribution in [0.15, 0.2) is 54.6 Å². The number of ether oxygens (including phenoxy) is 2. The van der Waals surface area contributed by atoms with E-state index in [0.29, 0.717) is 32.7 Å². The third-order valence-electron chi connectivity index (χ3n) is 7.16. The molecule has 2 aliphatic rings. The lowest BCUT2D eigenvalue weighted by Gasteiger charge is -2.35. The molecule has 0 aliphatic carbocycles. The maximum Gasteiger partial charge on any atom is 0.230 e. The molecule has 2 aliphatic heterocycles. The predicted octanol–water partition coefficient (Wildman–Crippen LogP) is 3.99. The van der Waals surface area contributed by atoms with Gasteiger partial charge in [-0.25, -0.2) is 9.97 Å². The summed E-state index contributed by atoms with van der Waals surface area (Å²) in [6.45, 7) is 6.21. The summed E-state index contributed by atoms with van der Waals surface area (Å²) < 4.78 is 11.2. The zero-order chi connectivity index (χ0) is 24.9. The minimum Gasteiger partial charge on any atom is -0.496 e. The number of carbonyl (C=O) groups excluding carboxylic acids is 1. The van der Waals surface area contributed by atoms with Crippen LogP contribution in [0.3, 0.4) is 0 Å². The molecule has 2 aromatic carbocycles. The first-order chi connectivity index (χ1) is 17.7. The largest absolute Gasteiger partial charge is 0.496 e. The number of aromatic nitrogens is 2. The van der Waals surface area contributed by atoms with Crippen molar-refractivity contribution in [3.05, 3.63) is 82.8 Å². The third kappa shape index (κ3) is 5.07. The Balaban J connectivity index is 1.46. The summed E-state index contributed by atoms with van der Waals surface area (Å²) in [6.07, 6.45) is 2.10. The van der Waals surface area contributed by atoms with Crippen LogP contribution in [-0.2, 0) is 28.9 Å². The Bertz CT molecular complexity index is 1190. The average Bonchev–Trinajstić information content (AvgIpc) is 2.94. The lowest BCUT2D eigenvalue weighted by Crippen LogP contribution is -2.42. The molecule has 1 aromatic heterocycles. The number of fused-ring (bicyclic) bond motifs is 1. The van der Waals surface area contributed by atoms with E-state index in [1.807, 2.05) is 41.3 Å². The van der Waals surface area contributed by atoms with Crippen LogP contribution in [-0.4, -0.2) is 60.7 Å². The Kier molecular flexibility index (Phi) is 7.47. The van der Waals surface area contributed by atoms with Crippen molar-refractivity contribution < 1.29 is 14.3 Å². The third-order valence-corrected chi connectivity index (χ3v) is 7.16. The summed E-state index contributed by atoms with van der Waals surface area (Å²) in [5, 5.41) is 0. The molecular formula is C29H34N4O3.